The van der Waals surface area contributed by atoms with E-state index in [1.165, 1.54) is 5.56 Å². The van der Waals surface area contributed by atoms with Gasteiger partial charge in [-0.15, -0.1) is 0 Å². The maximum Gasteiger partial charge on any atom is 0.119 e. The molecular weight excluding hydrogens is 288 g/mol. The van der Waals surface area contributed by atoms with Crippen LogP contribution in [0, 0.1) is 5.92 Å². The van der Waals surface area contributed by atoms with Crippen molar-refractivity contribution in [1.29, 1.82) is 0 Å². The van der Waals surface area contributed by atoms with Crippen LogP contribution in [0.15, 0.2) is 24.3 Å². The molecule has 1 atom stereocenters. The van der Waals surface area contributed by atoms with Gasteiger partial charge in [-0.3, -0.25) is 4.90 Å². The fourth-order valence-electron chi connectivity index (χ4n) is 3.31. The van der Waals surface area contributed by atoms with Crippen molar-refractivity contribution in [3.8, 4) is 5.75 Å². The van der Waals surface area contributed by atoms with E-state index < -0.39 is 5.60 Å². The Bertz CT molecular complexity index is 490. The van der Waals surface area contributed by atoms with Gasteiger partial charge in [0.25, 0.3) is 0 Å². The molecule has 1 aliphatic rings. The Morgan fingerprint density at radius 3 is 2.83 bits per heavy atom. The van der Waals surface area contributed by atoms with Gasteiger partial charge in [-0.25, -0.2) is 0 Å². The Morgan fingerprint density at radius 1 is 1.35 bits per heavy atom. The van der Waals surface area contributed by atoms with Crippen molar-refractivity contribution in [2.24, 2.45) is 5.92 Å². The summed E-state index contributed by atoms with van der Waals surface area (Å²) in [7, 11) is 4.04. The van der Waals surface area contributed by atoms with Gasteiger partial charge in [-0.05, 0) is 57.1 Å². The number of aliphatic hydroxyl groups is 1. The van der Waals surface area contributed by atoms with Crippen molar-refractivity contribution in [1.82, 2.24) is 9.80 Å². The lowest BCUT2D eigenvalue weighted by Gasteiger charge is -2.40. The Labute approximate surface area is 141 Å². The van der Waals surface area contributed by atoms with Crippen molar-refractivity contribution in [2.45, 2.75) is 38.8 Å². The van der Waals surface area contributed by atoms with Gasteiger partial charge in [0.05, 0.1) is 12.2 Å². The lowest BCUT2D eigenvalue weighted by atomic mass is 9.92. The van der Waals surface area contributed by atoms with Crippen LogP contribution in [0.4, 0.5) is 0 Å². The number of piperidine rings is 1. The fourth-order valence-corrected chi connectivity index (χ4v) is 3.31. The summed E-state index contributed by atoms with van der Waals surface area (Å²) < 4.78 is 5.82. The van der Waals surface area contributed by atoms with E-state index in [1.807, 2.05) is 20.2 Å². The van der Waals surface area contributed by atoms with E-state index in [-0.39, 0.29) is 0 Å². The molecule has 0 bridgehead atoms. The molecule has 4 nitrogen and oxygen atoms in total. The molecule has 1 aliphatic heterocycles. The van der Waals surface area contributed by atoms with Crippen molar-refractivity contribution in [2.75, 3.05) is 40.3 Å². The molecule has 0 amide bonds. The molecule has 23 heavy (non-hydrogen) atoms. The number of rotatable bonds is 7. The first-order valence-electron chi connectivity index (χ1n) is 8.67. The number of benzene rings is 1. The molecule has 1 aromatic rings. The third-order valence-corrected chi connectivity index (χ3v) is 4.13. The smallest absolute Gasteiger partial charge is 0.119 e. The molecule has 0 spiro atoms. The van der Waals surface area contributed by atoms with E-state index >= 15 is 0 Å². The number of hydrogen-bond acceptors (Lipinski definition) is 4. The summed E-state index contributed by atoms with van der Waals surface area (Å²) in [5.74, 6) is 1.47. The van der Waals surface area contributed by atoms with Crippen LogP contribution < -0.4 is 4.74 Å². The summed E-state index contributed by atoms with van der Waals surface area (Å²) in [6, 6.07) is 8.34. The Kier molecular flexibility index (Phi) is 6.45. The molecule has 1 saturated heterocycles. The number of likely N-dealkylation sites (N-methyl/N-ethyl adjacent to an activating group) is 1. The first-order chi connectivity index (χ1) is 10.9. The van der Waals surface area contributed by atoms with Crippen molar-refractivity contribution < 1.29 is 9.84 Å². The van der Waals surface area contributed by atoms with Crippen LogP contribution in [0.3, 0.4) is 0 Å². The predicted molar refractivity (Wildman–Crippen MR) is 94.8 cm³/mol. The number of β-amino-alcohol motifs (C(OH)–C–C–N with tert-alkyl or cyclic N) is 1. The molecule has 1 N–H and O–H groups in total. The number of ether oxygens (including phenoxy) is 1. The first kappa shape index (κ1) is 18.2. The summed E-state index contributed by atoms with van der Waals surface area (Å²) >= 11 is 0. The van der Waals surface area contributed by atoms with Gasteiger partial charge >= 0.3 is 0 Å². The highest BCUT2D eigenvalue weighted by molar-refractivity contribution is 5.28. The van der Waals surface area contributed by atoms with E-state index in [9.17, 15) is 5.11 Å². The third kappa shape index (κ3) is 6.13. The van der Waals surface area contributed by atoms with E-state index in [4.69, 9.17) is 4.74 Å². The summed E-state index contributed by atoms with van der Waals surface area (Å²) in [4.78, 5) is 4.43. The molecule has 1 aromatic carbocycles. The second-order valence-corrected chi connectivity index (χ2v) is 7.63. The minimum atomic E-state index is -0.590. The molecule has 0 radical (unpaired) electrons. The zero-order valence-electron chi connectivity index (χ0n) is 15.1. The summed E-state index contributed by atoms with van der Waals surface area (Å²) in [6.45, 7) is 8.44. The maximum atomic E-state index is 10.8. The van der Waals surface area contributed by atoms with E-state index in [1.54, 1.807) is 0 Å². The molecule has 1 heterocycles. The van der Waals surface area contributed by atoms with Crippen LogP contribution in [-0.4, -0.2) is 60.8 Å². The van der Waals surface area contributed by atoms with Gasteiger partial charge in [-0.2, -0.15) is 0 Å². The standard InChI is InChI=1S/C19H32N2O2/c1-16(2)13-23-18-8-5-7-17(11-18)12-21-10-6-9-19(22,15-21)14-20(3)4/h5,7-8,11,16,22H,6,9-10,12-15H2,1-4H3. The molecule has 0 aromatic heterocycles. The van der Waals surface area contributed by atoms with Gasteiger partial charge in [-0.1, -0.05) is 26.0 Å². The second-order valence-electron chi connectivity index (χ2n) is 7.63. The third-order valence-electron chi connectivity index (χ3n) is 4.13. The Morgan fingerprint density at radius 2 is 2.13 bits per heavy atom. The zero-order chi connectivity index (χ0) is 16.9. The van der Waals surface area contributed by atoms with Gasteiger partial charge in [0, 0.05) is 19.6 Å². The van der Waals surface area contributed by atoms with Crippen molar-refractivity contribution in [3.63, 3.8) is 0 Å². The summed E-state index contributed by atoms with van der Waals surface area (Å²) in [5.41, 5.74) is 0.661. The van der Waals surface area contributed by atoms with E-state index in [0.29, 0.717) is 5.92 Å². The highest BCUT2D eigenvalue weighted by atomic mass is 16.5. The minimum Gasteiger partial charge on any atom is -0.493 e. The lowest BCUT2D eigenvalue weighted by Crippen LogP contribution is -2.52. The van der Waals surface area contributed by atoms with Gasteiger partial charge in [0.1, 0.15) is 5.75 Å². The average Bonchev–Trinajstić information content (AvgIpc) is 2.44. The number of hydrogen-bond donors (Lipinski definition) is 1. The van der Waals surface area contributed by atoms with Gasteiger partial charge in [0.2, 0.25) is 0 Å². The van der Waals surface area contributed by atoms with Crippen LogP contribution in [0.2, 0.25) is 0 Å². The topological polar surface area (TPSA) is 35.9 Å². The monoisotopic (exact) mass is 320 g/mol. The molecule has 1 unspecified atom stereocenters. The van der Waals surface area contributed by atoms with Gasteiger partial charge in [0.15, 0.2) is 0 Å². The number of likely N-dealkylation sites (tertiary alicyclic amines) is 1. The minimum absolute atomic E-state index is 0.529. The van der Waals surface area contributed by atoms with E-state index in [0.717, 1.165) is 51.4 Å². The van der Waals surface area contributed by atoms with Crippen LogP contribution in [-0.2, 0) is 6.54 Å². The molecule has 4 heteroatoms. The quantitative estimate of drug-likeness (QED) is 0.838. The molecule has 0 aliphatic carbocycles. The van der Waals surface area contributed by atoms with Crippen molar-refractivity contribution >= 4 is 0 Å². The molecule has 2 rings (SSSR count). The summed E-state index contributed by atoms with van der Waals surface area (Å²) in [6.07, 6.45) is 1.94. The normalized spacial score (nSPS) is 22.7. The Balaban J connectivity index is 1.94. The highest BCUT2D eigenvalue weighted by Gasteiger charge is 2.33. The lowest BCUT2D eigenvalue weighted by molar-refractivity contribution is -0.0480. The maximum absolute atomic E-state index is 10.8. The number of nitrogens with zero attached hydrogens (tertiary/aromatic N) is 2. The largest absolute Gasteiger partial charge is 0.493 e. The summed E-state index contributed by atoms with van der Waals surface area (Å²) in [5, 5.41) is 10.8. The van der Waals surface area contributed by atoms with Crippen LogP contribution in [0.1, 0.15) is 32.3 Å². The molecule has 0 saturated carbocycles. The molecule has 130 valence electrons. The Hall–Kier alpha value is -1.10. The first-order valence-corrected chi connectivity index (χ1v) is 8.67. The molecule has 1 fully saturated rings. The van der Waals surface area contributed by atoms with Gasteiger partial charge < -0.3 is 14.7 Å². The predicted octanol–water partition coefficient (Wildman–Crippen LogP) is 2.61. The SMILES string of the molecule is CC(C)COc1cccc(CN2CCCC(O)(CN(C)C)C2)c1. The van der Waals surface area contributed by atoms with Crippen molar-refractivity contribution in [3.05, 3.63) is 29.8 Å². The zero-order valence-corrected chi connectivity index (χ0v) is 15.1. The van der Waals surface area contributed by atoms with Crippen LogP contribution >= 0.6 is 0 Å². The fraction of sp³-hybridized carbons (Fsp3) is 0.684. The highest BCUT2D eigenvalue weighted by Crippen LogP contribution is 2.24. The average molecular weight is 320 g/mol. The van der Waals surface area contributed by atoms with E-state index in [2.05, 4.69) is 41.8 Å². The second kappa shape index (κ2) is 8.13. The molecular formula is C19H32N2O2. The van der Waals surface area contributed by atoms with Crippen LogP contribution in [0.25, 0.3) is 0 Å². The van der Waals surface area contributed by atoms with Crippen LogP contribution in [0.5, 0.6) is 5.75 Å².